The van der Waals surface area contributed by atoms with Crippen molar-refractivity contribution in [1.29, 1.82) is 0 Å². The summed E-state index contributed by atoms with van der Waals surface area (Å²) in [5.41, 5.74) is 0. The molecule has 0 aliphatic rings. The summed E-state index contributed by atoms with van der Waals surface area (Å²) < 4.78 is 21.6. The third-order valence-corrected chi connectivity index (χ3v) is 10.8. The Morgan fingerprint density at radius 1 is 0.508 bits per heavy atom. The Morgan fingerprint density at radius 2 is 0.952 bits per heavy atom. The van der Waals surface area contributed by atoms with Gasteiger partial charge in [0.05, 0.1) is 58.0 Å². The summed E-state index contributed by atoms with van der Waals surface area (Å²) in [6, 6.07) is -1.41. The second-order valence-corrected chi connectivity index (χ2v) is 16.7. The van der Waals surface area contributed by atoms with Crippen LogP contribution in [0, 0.1) is 5.92 Å². The van der Waals surface area contributed by atoms with Gasteiger partial charge in [-0.1, -0.05) is 90.9 Å². The number of unbranched alkanes of at least 4 members (excludes halogenated alkanes) is 13. The molecule has 0 saturated heterocycles. The molecule has 4 amide bonds. The number of amides is 4. The van der Waals surface area contributed by atoms with Crippen molar-refractivity contribution >= 4 is 53.1 Å². The molecular weight excluding hydrogens is 839 g/mol. The van der Waals surface area contributed by atoms with E-state index in [0.717, 1.165) is 38.5 Å². The zero-order valence-electron chi connectivity index (χ0n) is 38.4. The van der Waals surface area contributed by atoms with Crippen molar-refractivity contribution in [1.82, 2.24) is 26.6 Å². The highest BCUT2D eigenvalue weighted by atomic mass is 32.2. The topological polar surface area (TPSA) is 257 Å². The molecular formula is C44H81N5O13S. The van der Waals surface area contributed by atoms with Crippen molar-refractivity contribution in [2.24, 2.45) is 5.92 Å². The zero-order chi connectivity index (χ0) is 46.8. The van der Waals surface area contributed by atoms with E-state index in [1.807, 2.05) is 13.8 Å². The molecule has 0 spiro atoms. The van der Waals surface area contributed by atoms with Gasteiger partial charge in [0.15, 0.2) is 5.78 Å². The molecule has 0 rings (SSSR count). The summed E-state index contributed by atoms with van der Waals surface area (Å²) in [6.07, 6.45) is 15.5. The predicted octanol–water partition coefficient (Wildman–Crippen LogP) is 3.62. The van der Waals surface area contributed by atoms with Crippen LogP contribution in [-0.4, -0.2) is 155 Å². The van der Waals surface area contributed by atoms with Gasteiger partial charge >= 0.3 is 11.9 Å². The van der Waals surface area contributed by atoms with Gasteiger partial charge in [0, 0.05) is 50.6 Å². The molecule has 0 aliphatic carbocycles. The summed E-state index contributed by atoms with van der Waals surface area (Å²) in [4.78, 5) is 82.7. The Kier molecular flexibility index (Phi) is 40.3. The highest BCUT2D eigenvalue weighted by Gasteiger charge is 2.21. The number of hydrogen-bond acceptors (Lipinski definition) is 13. The number of carbonyl (C=O) groups is 7. The van der Waals surface area contributed by atoms with Crippen LogP contribution in [0.4, 0.5) is 0 Å². The monoisotopic (exact) mass is 920 g/mol. The Bertz CT molecular complexity index is 1250. The first-order valence-electron chi connectivity index (χ1n) is 23.0. The average Bonchev–Trinajstić information content (AvgIpc) is 3.24. The summed E-state index contributed by atoms with van der Waals surface area (Å²) >= 11 is 1.40. The number of likely N-dealkylation sites (N-methyl/N-ethyl adjacent to an activating group) is 1. The maximum Gasteiger partial charge on any atom is 0.326 e. The quantitative estimate of drug-likeness (QED) is 0.0431. The van der Waals surface area contributed by atoms with E-state index in [0.29, 0.717) is 51.7 Å². The van der Waals surface area contributed by atoms with Crippen molar-refractivity contribution in [2.45, 2.75) is 142 Å². The fourth-order valence-electron chi connectivity index (χ4n) is 6.15. The van der Waals surface area contributed by atoms with Crippen LogP contribution in [0.3, 0.4) is 0 Å². The number of thioether (sulfide) groups is 1. The van der Waals surface area contributed by atoms with E-state index in [9.17, 15) is 38.7 Å². The molecule has 0 aromatic rings. The van der Waals surface area contributed by atoms with Crippen molar-refractivity contribution in [2.75, 3.05) is 91.0 Å². The molecule has 0 radical (unpaired) electrons. The second-order valence-electron chi connectivity index (χ2n) is 15.7. The van der Waals surface area contributed by atoms with Gasteiger partial charge in [-0.2, -0.15) is 0 Å². The summed E-state index contributed by atoms with van der Waals surface area (Å²) in [5, 5.41) is 31.8. The van der Waals surface area contributed by atoms with Gasteiger partial charge in [-0.3, -0.25) is 28.8 Å². The number of carbonyl (C=O) groups excluding carboxylic acids is 5. The molecule has 0 bridgehead atoms. The van der Waals surface area contributed by atoms with Crippen LogP contribution < -0.4 is 26.6 Å². The molecule has 63 heavy (non-hydrogen) atoms. The van der Waals surface area contributed by atoms with Crippen LogP contribution in [0.5, 0.6) is 0 Å². The van der Waals surface area contributed by atoms with Crippen molar-refractivity contribution < 1.29 is 62.7 Å². The van der Waals surface area contributed by atoms with Crippen LogP contribution in [0.25, 0.3) is 0 Å². The minimum atomic E-state index is -1.18. The van der Waals surface area contributed by atoms with E-state index in [4.69, 9.17) is 24.1 Å². The van der Waals surface area contributed by atoms with Gasteiger partial charge in [-0.05, 0) is 26.3 Å². The SMILES string of the molecule is CN[C@@H](CSCC(=O)NCCOCCOCCNC(=O)COCCOCCNC(=O)CC[C@H](NC(=O)CCCCCCCCCCCCCCCCC(=O)O)C(=O)O)C(=O)C(C)C. The molecule has 7 N–H and O–H groups in total. The maximum absolute atomic E-state index is 12.3. The van der Waals surface area contributed by atoms with Crippen LogP contribution >= 0.6 is 11.8 Å². The van der Waals surface area contributed by atoms with Crippen molar-refractivity contribution in [3.63, 3.8) is 0 Å². The molecule has 0 aliphatic heterocycles. The van der Waals surface area contributed by atoms with Gasteiger partial charge in [0.25, 0.3) is 0 Å². The fourth-order valence-corrected chi connectivity index (χ4v) is 7.12. The van der Waals surface area contributed by atoms with Gasteiger partial charge in [0.1, 0.15) is 12.6 Å². The van der Waals surface area contributed by atoms with Gasteiger partial charge in [-0.25, -0.2) is 4.79 Å². The molecule has 18 nitrogen and oxygen atoms in total. The van der Waals surface area contributed by atoms with Crippen LogP contribution in [0.2, 0.25) is 0 Å². The number of carboxylic acid groups (broad SMARTS) is 2. The van der Waals surface area contributed by atoms with Crippen molar-refractivity contribution in [3.8, 4) is 0 Å². The largest absolute Gasteiger partial charge is 0.481 e. The first kappa shape index (κ1) is 59.6. The number of ketones is 1. The van der Waals surface area contributed by atoms with E-state index in [1.54, 1.807) is 7.05 Å². The van der Waals surface area contributed by atoms with Gasteiger partial charge < -0.3 is 55.7 Å². The normalized spacial score (nSPS) is 12.1. The zero-order valence-corrected chi connectivity index (χ0v) is 39.3. The Balaban J connectivity index is 3.66. The number of ether oxygens (including phenoxy) is 4. The Labute approximate surface area is 379 Å². The molecule has 0 aromatic carbocycles. The highest BCUT2D eigenvalue weighted by Crippen LogP contribution is 2.14. The first-order chi connectivity index (χ1) is 30.4. The minimum Gasteiger partial charge on any atom is -0.481 e. The second kappa shape index (κ2) is 42.6. The lowest BCUT2D eigenvalue weighted by molar-refractivity contribution is -0.142. The van der Waals surface area contributed by atoms with Gasteiger partial charge in [0.2, 0.25) is 23.6 Å². The van der Waals surface area contributed by atoms with Crippen LogP contribution in [0.15, 0.2) is 0 Å². The maximum atomic E-state index is 12.3. The van der Waals surface area contributed by atoms with E-state index < -0.39 is 18.0 Å². The first-order valence-corrected chi connectivity index (χ1v) is 24.2. The van der Waals surface area contributed by atoms with E-state index in [-0.39, 0.29) is 106 Å². The highest BCUT2D eigenvalue weighted by molar-refractivity contribution is 8.00. The average molecular weight is 920 g/mol. The van der Waals surface area contributed by atoms with Crippen LogP contribution in [0.1, 0.15) is 129 Å². The summed E-state index contributed by atoms with van der Waals surface area (Å²) in [5.74, 6) is -2.14. The predicted molar refractivity (Wildman–Crippen MR) is 243 cm³/mol. The molecule has 2 atom stereocenters. The lowest BCUT2D eigenvalue weighted by atomic mass is 10.0. The number of nitrogens with one attached hydrogen (secondary N) is 5. The number of hydrogen-bond donors (Lipinski definition) is 7. The minimum absolute atomic E-state index is 0.0247. The molecule has 19 heteroatoms. The molecule has 0 fully saturated rings. The number of rotatable bonds is 46. The lowest BCUT2D eigenvalue weighted by Crippen LogP contribution is -2.41. The number of Topliss-reactive ketones (excluding diaryl/α,β-unsaturated/α-hetero) is 1. The smallest absolute Gasteiger partial charge is 0.326 e. The molecule has 0 aromatic heterocycles. The number of carboxylic acids is 2. The lowest BCUT2D eigenvalue weighted by Gasteiger charge is -2.16. The summed E-state index contributed by atoms with van der Waals surface area (Å²) in [6.45, 7) is 6.33. The Morgan fingerprint density at radius 3 is 1.41 bits per heavy atom. The van der Waals surface area contributed by atoms with E-state index in [2.05, 4.69) is 26.6 Å². The molecule has 0 unspecified atom stereocenters. The van der Waals surface area contributed by atoms with Crippen molar-refractivity contribution in [3.05, 3.63) is 0 Å². The molecule has 366 valence electrons. The molecule has 0 saturated carbocycles. The third kappa shape index (κ3) is 39.9. The standard InChI is InChI=1S/C44H81N5O13S/c1-35(2)43(56)37(45-3)33-63-34-41(53)48-24-27-60-29-28-59-26-23-47-40(52)32-62-31-30-61-25-22-46-38(50)21-20-36(44(57)58)49-39(51)18-16-14-12-10-8-6-4-5-7-9-11-13-15-17-19-42(54)55/h35-37,45H,4-34H2,1-3H3,(H,46,50)(H,47,52)(H,48,53)(H,49,51)(H,54,55)(H,57,58)/t36-,37-/m0/s1. The third-order valence-electron chi connectivity index (χ3n) is 9.80. The molecule has 0 heterocycles. The number of aliphatic carboxylic acids is 2. The van der Waals surface area contributed by atoms with Crippen LogP contribution in [-0.2, 0) is 52.5 Å². The van der Waals surface area contributed by atoms with E-state index >= 15 is 0 Å². The summed E-state index contributed by atoms with van der Waals surface area (Å²) in [7, 11) is 1.74. The van der Waals surface area contributed by atoms with Gasteiger partial charge in [-0.15, -0.1) is 11.8 Å². The van der Waals surface area contributed by atoms with E-state index in [1.165, 1.54) is 56.7 Å². The fraction of sp³-hybridized carbons (Fsp3) is 0.841. The Hall–Kier alpha value is -3.36.